The third-order valence-electron chi connectivity index (χ3n) is 2.85. The lowest BCUT2D eigenvalue weighted by Gasteiger charge is -2.18. The van der Waals surface area contributed by atoms with E-state index >= 15 is 0 Å². The van der Waals surface area contributed by atoms with Gasteiger partial charge < -0.3 is 15.6 Å². The Bertz CT molecular complexity index is 697. The van der Waals surface area contributed by atoms with Crippen molar-refractivity contribution in [2.75, 3.05) is 12.8 Å². The van der Waals surface area contributed by atoms with Crippen LogP contribution in [0.25, 0.3) is 0 Å². The van der Waals surface area contributed by atoms with Crippen LogP contribution >= 0.6 is 11.6 Å². The zero-order valence-corrected chi connectivity index (χ0v) is 11.6. The predicted octanol–water partition coefficient (Wildman–Crippen LogP) is 1.88. The second kappa shape index (κ2) is 5.79. The van der Waals surface area contributed by atoms with Gasteiger partial charge in [0, 0.05) is 42.1 Å². The molecule has 1 heterocycles. The predicted molar refractivity (Wildman–Crippen MR) is 78.7 cm³/mol. The molecule has 0 spiro atoms. The van der Waals surface area contributed by atoms with E-state index in [1.54, 1.807) is 31.3 Å². The lowest BCUT2D eigenvalue weighted by Crippen LogP contribution is -2.27. The van der Waals surface area contributed by atoms with Crippen LogP contribution in [0.5, 0.6) is 0 Å². The molecule has 0 saturated carbocycles. The van der Waals surface area contributed by atoms with Crippen LogP contribution in [0.3, 0.4) is 0 Å². The molecule has 6 heteroatoms. The largest absolute Gasteiger partial charge is 0.399 e. The summed E-state index contributed by atoms with van der Waals surface area (Å²) in [7, 11) is 1.64. The molecule has 0 radical (unpaired) electrons. The first-order chi connectivity index (χ1) is 9.47. The van der Waals surface area contributed by atoms with Crippen LogP contribution in [0, 0.1) is 0 Å². The highest BCUT2D eigenvalue weighted by molar-refractivity contribution is 6.31. The number of rotatable bonds is 3. The number of hydrogen-bond donors (Lipinski definition) is 2. The molecule has 1 aromatic heterocycles. The molecule has 0 bridgehead atoms. The van der Waals surface area contributed by atoms with Crippen LogP contribution in [-0.4, -0.2) is 22.8 Å². The minimum Gasteiger partial charge on any atom is -0.399 e. The van der Waals surface area contributed by atoms with Crippen LogP contribution in [0.15, 0.2) is 41.3 Å². The Morgan fingerprint density at radius 3 is 2.80 bits per heavy atom. The molecule has 0 aliphatic rings. The molecule has 0 aliphatic carbocycles. The van der Waals surface area contributed by atoms with Crippen LogP contribution in [0.4, 0.5) is 5.69 Å². The van der Waals surface area contributed by atoms with Crippen molar-refractivity contribution in [3.8, 4) is 0 Å². The standard InChI is InChI=1S/C14H14ClN3O2/c1-18(8-10-6-11(16)2-3-12(10)15)14(20)9-4-5-17-13(19)7-9/h2-7H,8,16H2,1H3,(H,17,19). The average molecular weight is 292 g/mol. The van der Waals surface area contributed by atoms with Crippen molar-refractivity contribution in [1.82, 2.24) is 9.88 Å². The van der Waals surface area contributed by atoms with Crippen LogP contribution < -0.4 is 11.3 Å². The van der Waals surface area contributed by atoms with Gasteiger partial charge in [-0.15, -0.1) is 0 Å². The molecule has 0 atom stereocenters. The molecule has 0 aliphatic heterocycles. The van der Waals surface area contributed by atoms with E-state index in [0.717, 1.165) is 5.56 Å². The van der Waals surface area contributed by atoms with E-state index in [1.165, 1.54) is 17.2 Å². The Labute approximate surface area is 121 Å². The van der Waals surface area contributed by atoms with Crippen molar-refractivity contribution in [2.24, 2.45) is 0 Å². The lowest BCUT2D eigenvalue weighted by molar-refractivity contribution is 0.0785. The number of aromatic nitrogens is 1. The molecule has 2 aromatic rings. The van der Waals surface area contributed by atoms with Gasteiger partial charge in [0.05, 0.1) is 0 Å². The number of H-pyrrole nitrogens is 1. The summed E-state index contributed by atoms with van der Waals surface area (Å²) in [5, 5.41) is 0.546. The number of nitrogens with two attached hydrogens (primary N) is 1. The number of carbonyl (C=O) groups is 1. The SMILES string of the molecule is CN(Cc1cc(N)ccc1Cl)C(=O)c1cc[nH]c(=O)c1. The summed E-state index contributed by atoms with van der Waals surface area (Å²) in [4.78, 5) is 27.4. The maximum absolute atomic E-state index is 12.2. The van der Waals surface area contributed by atoms with Gasteiger partial charge >= 0.3 is 0 Å². The second-order valence-electron chi connectivity index (χ2n) is 4.45. The van der Waals surface area contributed by atoms with Crippen molar-refractivity contribution in [2.45, 2.75) is 6.54 Å². The van der Waals surface area contributed by atoms with E-state index in [1.807, 2.05) is 0 Å². The number of nitrogens with one attached hydrogen (secondary N) is 1. The highest BCUT2D eigenvalue weighted by Gasteiger charge is 2.13. The van der Waals surface area contributed by atoms with E-state index in [4.69, 9.17) is 17.3 Å². The van der Waals surface area contributed by atoms with E-state index < -0.39 is 0 Å². The fraction of sp³-hybridized carbons (Fsp3) is 0.143. The number of halogens is 1. The molecule has 5 nitrogen and oxygen atoms in total. The minimum absolute atomic E-state index is 0.255. The highest BCUT2D eigenvalue weighted by Crippen LogP contribution is 2.20. The summed E-state index contributed by atoms with van der Waals surface area (Å²) in [5.74, 6) is -0.255. The summed E-state index contributed by atoms with van der Waals surface area (Å²) in [6, 6.07) is 7.94. The zero-order chi connectivity index (χ0) is 14.7. The van der Waals surface area contributed by atoms with Gasteiger partial charge in [-0.2, -0.15) is 0 Å². The van der Waals surface area contributed by atoms with Gasteiger partial charge in [-0.05, 0) is 29.8 Å². The maximum Gasteiger partial charge on any atom is 0.254 e. The van der Waals surface area contributed by atoms with E-state index in [2.05, 4.69) is 4.98 Å². The molecule has 0 saturated heterocycles. The monoisotopic (exact) mass is 291 g/mol. The Balaban J connectivity index is 2.19. The third kappa shape index (κ3) is 3.19. The topological polar surface area (TPSA) is 79.2 Å². The number of pyridine rings is 1. The number of anilines is 1. The summed E-state index contributed by atoms with van der Waals surface area (Å²) in [6.07, 6.45) is 1.44. The van der Waals surface area contributed by atoms with Crippen molar-refractivity contribution in [3.63, 3.8) is 0 Å². The minimum atomic E-state index is -0.314. The second-order valence-corrected chi connectivity index (χ2v) is 4.86. The smallest absolute Gasteiger partial charge is 0.254 e. The fourth-order valence-corrected chi connectivity index (χ4v) is 2.02. The van der Waals surface area contributed by atoms with Gasteiger partial charge in [0.25, 0.3) is 5.91 Å². The van der Waals surface area contributed by atoms with Crippen LogP contribution in [0.1, 0.15) is 15.9 Å². The number of amides is 1. The highest BCUT2D eigenvalue weighted by atomic mass is 35.5. The molecule has 3 N–H and O–H groups in total. The number of hydrogen-bond acceptors (Lipinski definition) is 3. The van der Waals surface area contributed by atoms with Gasteiger partial charge in [-0.1, -0.05) is 11.6 Å². The Hall–Kier alpha value is -2.27. The van der Waals surface area contributed by atoms with Crippen molar-refractivity contribution >= 4 is 23.2 Å². The number of nitrogen functional groups attached to an aromatic ring is 1. The Kier molecular flexibility index (Phi) is 4.10. The van der Waals surface area contributed by atoms with E-state index in [0.29, 0.717) is 22.8 Å². The zero-order valence-electron chi connectivity index (χ0n) is 10.9. The average Bonchev–Trinajstić information content (AvgIpc) is 2.42. The van der Waals surface area contributed by atoms with Crippen molar-refractivity contribution < 1.29 is 4.79 Å². The van der Waals surface area contributed by atoms with Crippen molar-refractivity contribution in [3.05, 3.63) is 63.0 Å². The van der Waals surface area contributed by atoms with Gasteiger partial charge in [-0.3, -0.25) is 9.59 Å². The lowest BCUT2D eigenvalue weighted by atomic mass is 10.1. The summed E-state index contributed by atoms with van der Waals surface area (Å²) >= 11 is 6.07. The first-order valence-electron chi connectivity index (χ1n) is 5.95. The molecular formula is C14H14ClN3O2. The van der Waals surface area contributed by atoms with Crippen LogP contribution in [-0.2, 0) is 6.54 Å². The molecule has 1 aromatic carbocycles. The van der Waals surface area contributed by atoms with Crippen molar-refractivity contribution in [1.29, 1.82) is 0 Å². The molecule has 0 fully saturated rings. The van der Waals surface area contributed by atoms with E-state index in [9.17, 15) is 9.59 Å². The maximum atomic E-state index is 12.2. The number of carbonyl (C=O) groups excluding carboxylic acids is 1. The van der Waals surface area contributed by atoms with E-state index in [-0.39, 0.29) is 11.5 Å². The molecule has 20 heavy (non-hydrogen) atoms. The van der Waals surface area contributed by atoms with Gasteiger partial charge in [0.15, 0.2) is 0 Å². The Morgan fingerprint density at radius 1 is 1.35 bits per heavy atom. The third-order valence-corrected chi connectivity index (χ3v) is 3.21. The van der Waals surface area contributed by atoms with Crippen LogP contribution in [0.2, 0.25) is 5.02 Å². The van der Waals surface area contributed by atoms with Gasteiger partial charge in [0.1, 0.15) is 0 Å². The number of nitrogens with zero attached hydrogens (tertiary/aromatic N) is 1. The molecule has 1 amide bonds. The Morgan fingerprint density at radius 2 is 2.10 bits per heavy atom. The normalized spacial score (nSPS) is 10.3. The van der Waals surface area contributed by atoms with Gasteiger partial charge in [-0.25, -0.2) is 0 Å². The first kappa shape index (κ1) is 14.1. The molecule has 0 unspecified atom stereocenters. The first-order valence-corrected chi connectivity index (χ1v) is 6.33. The molecule has 2 rings (SSSR count). The summed E-state index contributed by atoms with van der Waals surface area (Å²) in [6.45, 7) is 0.315. The fourth-order valence-electron chi connectivity index (χ4n) is 1.84. The molecule has 104 valence electrons. The summed E-state index contributed by atoms with van der Waals surface area (Å²) < 4.78 is 0. The molecular weight excluding hydrogens is 278 g/mol. The number of benzene rings is 1. The summed E-state index contributed by atoms with van der Waals surface area (Å²) in [5.41, 5.74) is 7.06. The van der Waals surface area contributed by atoms with Gasteiger partial charge in [0.2, 0.25) is 5.56 Å². The number of aromatic amines is 1. The quantitative estimate of drug-likeness (QED) is 0.848.